The molecule has 1 aliphatic rings. The van der Waals surface area contributed by atoms with Crippen LogP contribution in [0.3, 0.4) is 0 Å². The normalized spacial score (nSPS) is 22.0. The van der Waals surface area contributed by atoms with Crippen molar-refractivity contribution in [3.8, 4) is 0 Å². The summed E-state index contributed by atoms with van der Waals surface area (Å²) in [6, 6.07) is 7.73. The first kappa shape index (κ1) is 12.6. The molecule has 1 fully saturated rings. The monoisotopic (exact) mass is 300 g/mol. The number of carbonyl (C=O) groups excluding carboxylic acids is 1. The molecule has 106 valence electrons. The molecule has 1 saturated heterocycles. The average Bonchev–Trinajstić information content (AvgIpc) is 3.00. The van der Waals surface area contributed by atoms with Crippen LogP contribution in [0.25, 0.3) is 22.1 Å². The summed E-state index contributed by atoms with van der Waals surface area (Å²) < 4.78 is 11.0. The number of ether oxygens (including phenoxy) is 1. The van der Waals surface area contributed by atoms with Gasteiger partial charge in [0, 0.05) is 11.8 Å². The number of cyclic esters (lactones) is 1. The van der Waals surface area contributed by atoms with Crippen molar-refractivity contribution in [1.29, 1.82) is 0 Å². The molecule has 0 unspecified atom stereocenters. The quantitative estimate of drug-likeness (QED) is 0.535. The molecule has 0 amide bonds. The minimum atomic E-state index is -0.230. The maximum absolute atomic E-state index is 11.8. The minimum Gasteiger partial charge on any atom is -0.462 e. The Labute approximate surface area is 124 Å². The fourth-order valence-electron chi connectivity index (χ4n) is 2.54. The molecule has 0 bridgehead atoms. The van der Waals surface area contributed by atoms with Crippen molar-refractivity contribution in [1.82, 2.24) is 9.97 Å². The Hall–Kier alpha value is -2.08. The number of furan rings is 1. The lowest BCUT2D eigenvalue weighted by Crippen LogP contribution is -2.09. The smallest absolute Gasteiger partial charge is 0.319 e. The number of hydrogen-bond acceptors (Lipinski definition) is 6. The summed E-state index contributed by atoms with van der Waals surface area (Å²) >= 11 is 1.39. The highest BCUT2D eigenvalue weighted by Crippen LogP contribution is 2.37. The van der Waals surface area contributed by atoms with Crippen LogP contribution in [0.2, 0.25) is 0 Å². The summed E-state index contributed by atoms with van der Waals surface area (Å²) in [6.45, 7) is 1.90. The van der Waals surface area contributed by atoms with Crippen LogP contribution in [0.1, 0.15) is 13.3 Å². The Morgan fingerprint density at radius 3 is 2.95 bits per heavy atom. The van der Waals surface area contributed by atoms with E-state index in [9.17, 15) is 4.79 Å². The third-order valence-electron chi connectivity index (χ3n) is 3.51. The highest BCUT2D eigenvalue weighted by Gasteiger charge is 2.33. The maximum atomic E-state index is 11.8. The van der Waals surface area contributed by atoms with Crippen molar-refractivity contribution < 1.29 is 13.9 Å². The van der Waals surface area contributed by atoms with Crippen molar-refractivity contribution in [2.24, 2.45) is 0 Å². The van der Waals surface area contributed by atoms with E-state index in [-0.39, 0.29) is 17.3 Å². The van der Waals surface area contributed by atoms with E-state index < -0.39 is 0 Å². The van der Waals surface area contributed by atoms with E-state index in [0.717, 1.165) is 16.5 Å². The number of rotatable bonds is 2. The van der Waals surface area contributed by atoms with Crippen LogP contribution in [0.15, 0.2) is 40.0 Å². The van der Waals surface area contributed by atoms with Crippen LogP contribution in [-0.4, -0.2) is 27.3 Å². The van der Waals surface area contributed by atoms with Gasteiger partial charge in [0.05, 0.1) is 0 Å². The first-order chi connectivity index (χ1) is 10.2. The molecule has 21 heavy (non-hydrogen) atoms. The number of nitrogens with zero attached hydrogens (tertiary/aromatic N) is 2. The molecular weight excluding hydrogens is 288 g/mol. The van der Waals surface area contributed by atoms with Gasteiger partial charge in [0.15, 0.2) is 5.58 Å². The van der Waals surface area contributed by atoms with Gasteiger partial charge in [-0.15, -0.1) is 0 Å². The van der Waals surface area contributed by atoms with Crippen LogP contribution in [0.5, 0.6) is 0 Å². The summed E-state index contributed by atoms with van der Waals surface area (Å²) in [5, 5.41) is 1.41. The molecule has 0 radical (unpaired) electrons. The van der Waals surface area contributed by atoms with Crippen LogP contribution in [0, 0.1) is 0 Å². The second kappa shape index (κ2) is 4.73. The van der Waals surface area contributed by atoms with E-state index in [1.807, 2.05) is 31.2 Å². The van der Waals surface area contributed by atoms with E-state index >= 15 is 0 Å². The zero-order valence-electron chi connectivity index (χ0n) is 11.3. The van der Waals surface area contributed by atoms with Gasteiger partial charge in [0.1, 0.15) is 33.8 Å². The van der Waals surface area contributed by atoms with Crippen molar-refractivity contribution >= 4 is 39.8 Å². The van der Waals surface area contributed by atoms with E-state index in [1.165, 1.54) is 18.1 Å². The SMILES string of the molecule is C[C@H]1C[C@H](Sc2ncnc3c2oc2ccccc23)C(=O)O1. The van der Waals surface area contributed by atoms with E-state index in [4.69, 9.17) is 9.15 Å². The van der Waals surface area contributed by atoms with E-state index in [1.54, 1.807) is 0 Å². The standard InChI is InChI=1S/C15H12N2O3S/c1-8-6-11(15(18)19-8)21-14-13-12(16-7-17-14)9-4-2-3-5-10(9)20-13/h2-5,7-8,11H,6H2,1H3/t8-,11-/m0/s1. The maximum Gasteiger partial charge on any atom is 0.319 e. The third kappa shape index (κ3) is 2.06. The summed E-state index contributed by atoms with van der Waals surface area (Å²) in [4.78, 5) is 20.4. The lowest BCUT2D eigenvalue weighted by Gasteiger charge is -2.04. The van der Waals surface area contributed by atoms with Crippen LogP contribution < -0.4 is 0 Å². The minimum absolute atomic E-state index is 0.0389. The lowest BCUT2D eigenvalue weighted by molar-refractivity contribution is -0.140. The fraction of sp³-hybridized carbons (Fsp3) is 0.267. The Bertz CT molecular complexity index is 845. The summed E-state index contributed by atoms with van der Waals surface area (Å²) in [5.74, 6) is -0.185. The van der Waals surface area contributed by atoms with Crippen molar-refractivity contribution in [2.45, 2.75) is 29.7 Å². The van der Waals surface area contributed by atoms with Gasteiger partial charge in [-0.1, -0.05) is 23.9 Å². The van der Waals surface area contributed by atoms with Crippen molar-refractivity contribution in [2.75, 3.05) is 0 Å². The molecule has 6 heteroatoms. The van der Waals surface area contributed by atoms with Gasteiger partial charge < -0.3 is 9.15 Å². The summed E-state index contributed by atoms with van der Waals surface area (Å²) in [7, 11) is 0. The van der Waals surface area contributed by atoms with Crippen LogP contribution in [0.4, 0.5) is 0 Å². The van der Waals surface area contributed by atoms with Gasteiger partial charge in [-0.25, -0.2) is 9.97 Å². The Morgan fingerprint density at radius 1 is 1.29 bits per heavy atom. The number of fused-ring (bicyclic) bond motifs is 3. The first-order valence-corrected chi connectivity index (χ1v) is 7.60. The number of thioether (sulfide) groups is 1. The number of benzene rings is 1. The van der Waals surface area contributed by atoms with Gasteiger partial charge in [-0.2, -0.15) is 0 Å². The van der Waals surface area contributed by atoms with Gasteiger partial charge >= 0.3 is 5.97 Å². The number of aromatic nitrogens is 2. The Kier molecular flexibility index (Phi) is 2.85. The molecule has 0 saturated carbocycles. The highest BCUT2D eigenvalue weighted by molar-refractivity contribution is 8.00. The van der Waals surface area contributed by atoms with Crippen molar-refractivity contribution in [3.63, 3.8) is 0 Å². The zero-order valence-corrected chi connectivity index (χ0v) is 12.1. The van der Waals surface area contributed by atoms with Gasteiger partial charge in [0.2, 0.25) is 0 Å². The Morgan fingerprint density at radius 2 is 2.14 bits per heavy atom. The van der Waals surface area contributed by atoms with Gasteiger partial charge in [-0.3, -0.25) is 4.79 Å². The summed E-state index contributed by atoms with van der Waals surface area (Å²) in [6.07, 6.45) is 2.16. The van der Waals surface area contributed by atoms with E-state index in [2.05, 4.69) is 9.97 Å². The number of para-hydroxylation sites is 1. The molecule has 2 atom stereocenters. The molecule has 0 N–H and O–H groups in total. The predicted molar refractivity (Wildman–Crippen MR) is 79.1 cm³/mol. The predicted octanol–water partition coefficient (Wildman–Crippen LogP) is 3.17. The van der Waals surface area contributed by atoms with Crippen molar-refractivity contribution in [3.05, 3.63) is 30.6 Å². The van der Waals surface area contributed by atoms with Crippen LogP contribution in [-0.2, 0) is 9.53 Å². The zero-order chi connectivity index (χ0) is 14.4. The molecule has 3 heterocycles. The molecule has 0 aliphatic carbocycles. The van der Waals surface area contributed by atoms with Gasteiger partial charge in [0.25, 0.3) is 0 Å². The fourth-order valence-corrected chi connectivity index (χ4v) is 3.68. The van der Waals surface area contributed by atoms with Crippen LogP contribution >= 0.6 is 11.8 Å². The second-order valence-corrected chi connectivity index (χ2v) is 6.24. The van der Waals surface area contributed by atoms with E-state index in [0.29, 0.717) is 17.0 Å². The summed E-state index contributed by atoms with van der Waals surface area (Å²) in [5.41, 5.74) is 2.19. The molecule has 0 spiro atoms. The molecule has 5 nitrogen and oxygen atoms in total. The molecule has 4 rings (SSSR count). The number of hydrogen-bond donors (Lipinski definition) is 0. The highest BCUT2D eigenvalue weighted by atomic mass is 32.2. The average molecular weight is 300 g/mol. The lowest BCUT2D eigenvalue weighted by atomic mass is 10.2. The topological polar surface area (TPSA) is 65.2 Å². The molecular formula is C15H12N2O3S. The third-order valence-corrected chi connectivity index (χ3v) is 4.69. The largest absolute Gasteiger partial charge is 0.462 e. The molecule has 1 aromatic carbocycles. The molecule has 2 aromatic heterocycles. The first-order valence-electron chi connectivity index (χ1n) is 6.72. The van der Waals surface area contributed by atoms with Gasteiger partial charge in [-0.05, 0) is 19.1 Å². The molecule has 3 aromatic rings. The number of esters is 1. The molecule has 1 aliphatic heterocycles. The second-order valence-electron chi connectivity index (χ2n) is 5.04. The number of carbonyl (C=O) groups is 1. The Balaban J connectivity index is 1.80.